The molecule has 0 heterocycles. The zero-order chi connectivity index (χ0) is 15.5. The van der Waals surface area contributed by atoms with Crippen molar-refractivity contribution in [1.82, 2.24) is 4.72 Å². The van der Waals surface area contributed by atoms with Crippen molar-refractivity contribution in [2.24, 2.45) is 11.7 Å². The molecule has 1 aromatic rings. The third-order valence-corrected chi connectivity index (χ3v) is 5.72. The maximum Gasteiger partial charge on any atom is 0.243 e. The van der Waals surface area contributed by atoms with Crippen molar-refractivity contribution in [3.63, 3.8) is 0 Å². The van der Waals surface area contributed by atoms with E-state index in [9.17, 15) is 12.8 Å². The van der Waals surface area contributed by atoms with Gasteiger partial charge in [0.05, 0.1) is 0 Å². The van der Waals surface area contributed by atoms with Gasteiger partial charge in [0.2, 0.25) is 10.0 Å². The summed E-state index contributed by atoms with van der Waals surface area (Å²) in [6.45, 7) is 0.207. The summed E-state index contributed by atoms with van der Waals surface area (Å²) in [5.74, 6) is -0.636. The smallest absolute Gasteiger partial charge is 0.243 e. The van der Waals surface area contributed by atoms with Gasteiger partial charge in [0, 0.05) is 17.6 Å². The van der Waals surface area contributed by atoms with Crippen LogP contribution < -0.4 is 10.5 Å². The second-order valence-corrected chi connectivity index (χ2v) is 7.56. The maximum atomic E-state index is 13.8. The van der Waals surface area contributed by atoms with E-state index in [0.29, 0.717) is 0 Å². The van der Waals surface area contributed by atoms with E-state index >= 15 is 0 Å². The van der Waals surface area contributed by atoms with Gasteiger partial charge in [-0.1, -0.05) is 30.9 Å². The number of halogens is 3. The lowest BCUT2D eigenvalue weighted by molar-refractivity contribution is 0.294. The Kier molecular flexibility index (Phi) is 7.55. The molecule has 1 aliphatic carbocycles. The van der Waals surface area contributed by atoms with Crippen LogP contribution in [0.1, 0.15) is 32.1 Å². The van der Waals surface area contributed by atoms with Gasteiger partial charge in [0.15, 0.2) is 0 Å². The van der Waals surface area contributed by atoms with Gasteiger partial charge in [-0.15, -0.1) is 12.4 Å². The van der Waals surface area contributed by atoms with E-state index < -0.39 is 15.8 Å². The molecule has 0 bridgehead atoms. The first-order valence-electron chi connectivity index (χ1n) is 7.11. The largest absolute Gasteiger partial charge is 0.329 e. The number of hydrogen-bond acceptors (Lipinski definition) is 3. The van der Waals surface area contributed by atoms with Gasteiger partial charge >= 0.3 is 0 Å². The number of hydrogen-bond donors (Lipinski definition) is 2. The monoisotopic (exact) mass is 370 g/mol. The molecule has 0 saturated heterocycles. The summed E-state index contributed by atoms with van der Waals surface area (Å²) in [6, 6.07) is 3.17. The fraction of sp³-hybridized carbons (Fsp3) is 0.571. The van der Waals surface area contributed by atoms with Crippen LogP contribution in [0.25, 0.3) is 0 Å². The van der Waals surface area contributed by atoms with Gasteiger partial charge in [0.1, 0.15) is 10.7 Å². The highest BCUT2D eigenvalue weighted by molar-refractivity contribution is 7.89. The molecule has 1 saturated carbocycles. The third-order valence-electron chi connectivity index (χ3n) is 3.96. The normalized spacial score (nSPS) is 17.8. The molecule has 22 heavy (non-hydrogen) atoms. The van der Waals surface area contributed by atoms with Crippen molar-refractivity contribution in [3.05, 3.63) is 29.0 Å². The van der Waals surface area contributed by atoms with E-state index in [0.717, 1.165) is 31.7 Å². The molecule has 0 radical (unpaired) electrons. The van der Waals surface area contributed by atoms with Crippen LogP contribution in [-0.4, -0.2) is 21.0 Å². The van der Waals surface area contributed by atoms with Gasteiger partial charge in [-0.3, -0.25) is 0 Å². The molecule has 0 amide bonds. The fourth-order valence-corrected chi connectivity index (χ4v) is 4.37. The Morgan fingerprint density at radius 3 is 2.50 bits per heavy atom. The minimum Gasteiger partial charge on any atom is -0.329 e. The Morgan fingerprint density at radius 2 is 1.95 bits per heavy atom. The zero-order valence-electron chi connectivity index (χ0n) is 12.1. The summed E-state index contributed by atoms with van der Waals surface area (Å²) < 4.78 is 41.0. The molecule has 0 aliphatic heterocycles. The Bertz CT molecular complexity index is 593. The Balaban J connectivity index is 0.00000242. The van der Waals surface area contributed by atoms with Gasteiger partial charge < -0.3 is 5.73 Å². The zero-order valence-corrected chi connectivity index (χ0v) is 14.5. The van der Waals surface area contributed by atoms with Gasteiger partial charge in [-0.05, 0) is 37.0 Å². The van der Waals surface area contributed by atoms with Crippen molar-refractivity contribution in [2.75, 3.05) is 6.54 Å². The average Bonchev–Trinajstić information content (AvgIpc) is 2.45. The van der Waals surface area contributed by atoms with E-state index in [-0.39, 0.29) is 40.8 Å². The van der Waals surface area contributed by atoms with Gasteiger partial charge in [-0.25, -0.2) is 17.5 Å². The lowest BCUT2D eigenvalue weighted by Gasteiger charge is -2.29. The summed E-state index contributed by atoms with van der Waals surface area (Å²) in [6.07, 6.45) is 5.24. The number of benzene rings is 1. The van der Waals surface area contributed by atoms with Crippen LogP contribution in [0, 0.1) is 11.7 Å². The SMILES string of the molecule is Cl.NCC(NS(=O)(=O)c1ccc(Cl)cc1F)C1CCCCC1. The molecule has 2 rings (SSSR count). The van der Waals surface area contributed by atoms with E-state index in [1.54, 1.807) is 0 Å². The van der Waals surface area contributed by atoms with Crippen molar-refractivity contribution >= 4 is 34.0 Å². The number of sulfonamides is 1. The molecule has 1 atom stereocenters. The topological polar surface area (TPSA) is 72.2 Å². The standard InChI is InChI=1S/C14H20ClFN2O2S.ClH/c15-11-6-7-14(12(16)8-11)21(19,20)18-13(9-17)10-4-2-1-3-5-10;/h6-8,10,13,18H,1-5,9,17H2;1H. The Hall–Kier alpha value is -0.400. The Labute approximate surface area is 142 Å². The molecule has 1 fully saturated rings. The van der Waals surface area contributed by atoms with Gasteiger partial charge in [0.25, 0.3) is 0 Å². The number of nitrogens with two attached hydrogens (primary N) is 1. The first-order valence-corrected chi connectivity index (χ1v) is 8.97. The molecular formula is C14H21Cl2FN2O2S. The summed E-state index contributed by atoms with van der Waals surface area (Å²) in [7, 11) is -3.93. The van der Waals surface area contributed by atoms with Crippen molar-refractivity contribution in [1.29, 1.82) is 0 Å². The van der Waals surface area contributed by atoms with E-state index in [2.05, 4.69) is 4.72 Å². The highest BCUT2D eigenvalue weighted by Crippen LogP contribution is 2.27. The van der Waals surface area contributed by atoms with Crippen molar-refractivity contribution < 1.29 is 12.8 Å². The third kappa shape index (κ3) is 4.80. The summed E-state index contributed by atoms with van der Waals surface area (Å²) in [4.78, 5) is -0.388. The molecule has 4 nitrogen and oxygen atoms in total. The predicted molar refractivity (Wildman–Crippen MR) is 88.4 cm³/mol. The molecule has 1 aliphatic rings. The lowest BCUT2D eigenvalue weighted by Crippen LogP contribution is -2.46. The number of rotatable bonds is 5. The predicted octanol–water partition coefficient (Wildman–Crippen LogP) is 3.09. The molecule has 126 valence electrons. The van der Waals surface area contributed by atoms with Crippen molar-refractivity contribution in [2.45, 2.75) is 43.0 Å². The first kappa shape index (κ1) is 19.6. The quantitative estimate of drug-likeness (QED) is 0.836. The van der Waals surface area contributed by atoms with Crippen LogP contribution in [0.5, 0.6) is 0 Å². The fourth-order valence-electron chi connectivity index (χ4n) is 2.83. The summed E-state index contributed by atoms with van der Waals surface area (Å²) in [5, 5.41) is 0.161. The summed E-state index contributed by atoms with van der Waals surface area (Å²) in [5.41, 5.74) is 5.71. The lowest BCUT2D eigenvalue weighted by atomic mass is 9.84. The molecule has 0 spiro atoms. The maximum absolute atomic E-state index is 13.8. The van der Waals surface area contributed by atoms with Crippen LogP contribution in [0.15, 0.2) is 23.1 Å². The second kappa shape index (κ2) is 8.45. The van der Waals surface area contributed by atoms with E-state index in [1.807, 2.05) is 0 Å². The second-order valence-electron chi connectivity index (χ2n) is 5.44. The van der Waals surface area contributed by atoms with E-state index in [4.69, 9.17) is 17.3 Å². The first-order chi connectivity index (χ1) is 9.94. The van der Waals surface area contributed by atoms with Crippen LogP contribution in [0.2, 0.25) is 5.02 Å². The van der Waals surface area contributed by atoms with Crippen LogP contribution in [-0.2, 0) is 10.0 Å². The minimum absolute atomic E-state index is 0. The van der Waals surface area contributed by atoms with Crippen LogP contribution in [0.3, 0.4) is 0 Å². The molecule has 0 aromatic heterocycles. The molecule has 3 N–H and O–H groups in total. The molecule has 1 aromatic carbocycles. The van der Waals surface area contributed by atoms with E-state index in [1.165, 1.54) is 18.6 Å². The number of nitrogens with one attached hydrogen (secondary N) is 1. The van der Waals surface area contributed by atoms with Crippen molar-refractivity contribution in [3.8, 4) is 0 Å². The summed E-state index contributed by atoms with van der Waals surface area (Å²) >= 11 is 5.65. The average molecular weight is 371 g/mol. The van der Waals surface area contributed by atoms with Crippen LogP contribution >= 0.6 is 24.0 Å². The van der Waals surface area contributed by atoms with Gasteiger partial charge in [-0.2, -0.15) is 0 Å². The molecule has 1 unspecified atom stereocenters. The minimum atomic E-state index is -3.93. The molecule has 8 heteroatoms. The Morgan fingerprint density at radius 1 is 1.32 bits per heavy atom. The molecular weight excluding hydrogens is 350 g/mol. The highest BCUT2D eigenvalue weighted by Gasteiger charge is 2.28. The highest BCUT2D eigenvalue weighted by atomic mass is 35.5. The van der Waals surface area contributed by atoms with Crippen LogP contribution in [0.4, 0.5) is 4.39 Å².